The second-order valence-corrected chi connectivity index (χ2v) is 7.40. The summed E-state index contributed by atoms with van der Waals surface area (Å²) in [6, 6.07) is 14.6. The van der Waals surface area contributed by atoms with Crippen molar-refractivity contribution in [3.05, 3.63) is 54.3 Å². The fourth-order valence-electron chi connectivity index (χ4n) is 4.25. The molecule has 5 nitrogen and oxygen atoms in total. The van der Waals surface area contributed by atoms with Gasteiger partial charge in [0.15, 0.2) is 0 Å². The summed E-state index contributed by atoms with van der Waals surface area (Å²) in [6.45, 7) is 2.38. The number of rotatable bonds is 5. The van der Waals surface area contributed by atoms with Crippen molar-refractivity contribution in [1.82, 2.24) is 4.90 Å². The summed E-state index contributed by atoms with van der Waals surface area (Å²) >= 11 is 0. The van der Waals surface area contributed by atoms with Gasteiger partial charge >= 0.3 is 0 Å². The van der Waals surface area contributed by atoms with Crippen molar-refractivity contribution in [1.29, 1.82) is 0 Å². The summed E-state index contributed by atoms with van der Waals surface area (Å²) in [4.78, 5) is 17.2. The lowest BCUT2D eigenvalue weighted by atomic mass is 10.0. The molecule has 2 aromatic rings. The molecule has 0 radical (unpaired) electrons. The number of likely N-dealkylation sites (tertiary alicyclic amines) is 1. The van der Waals surface area contributed by atoms with Crippen LogP contribution in [0.25, 0.3) is 0 Å². The van der Waals surface area contributed by atoms with Crippen LogP contribution in [0.3, 0.4) is 0 Å². The highest BCUT2D eigenvalue weighted by Gasteiger charge is 2.38. The summed E-state index contributed by atoms with van der Waals surface area (Å²) in [7, 11) is 1.63. The molecule has 1 unspecified atom stereocenters. The van der Waals surface area contributed by atoms with Crippen LogP contribution in [0.2, 0.25) is 0 Å². The van der Waals surface area contributed by atoms with E-state index in [0.717, 1.165) is 43.8 Å². The molecule has 0 saturated carbocycles. The van der Waals surface area contributed by atoms with Gasteiger partial charge in [-0.2, -0.15) is 0 Å². The Morgan fingerprint density at radius 3 is 2.46 bits per heavy atom. The molecule has 2 heterocycles. The second-order valence-electron chi connectivity index (χ2n) is 7.40. The van der Waals surface area contributed by atoms with Gasteiger partial charge in [0.05, 0.1) is 24.5 Å². The predicted octanol–water partition coefficient (Wildman–Crippen LogP) is 3.52. The number of nitrogens with zero attached hydrogens (tertiary/aromatic N) is 2. The first-order valence-corrected chi connectivity index (χ1v) is 9.87. The largest absolute Gasteiger partial charge is 0.495 e. The van der Waals surface area contributed by atoms with Crippen LogP contribution in [0.5, 0.6) is 5.75 Å². The molecule has 2 fully saturated rings. The molecule has 1 atom stereocenters. The van der Waals surface area contributed by atoms with Crippen molar-refractivity contribution >= 4 is 17.3 Å². The molecule has 1 amide bonds. The van der Waals surface area contributed by atoms with Gasteiger partial charge in [-0.05, 0) is 43.5 Å². The van der Waals surface area contributed by atoms with E-state index in [9.17, 15) is 9.18 Å². The van der Waals surface area contributed by atoms with E-state index in [1.807, 2.05) is 35.2 Å². The van der Waals surface area contributed by atoms with E-state index in [1.165, 1.54) is 6.07 Å². The van der Waals surface area contributed by atoms with Crippen molar-refractivity contribution in [3.8, 4) is 5.75 Å². The van der Waals surface area contributed by atoms with Gasteiger partial charge in [0, 0.05) is 25.7 Å². The number of nitrogens with one attached hydrogen (secondary N) is 1. The van der Waals surface area contributed by atoms with Crippen molar-refractivity contribution in [3.63, 3.8) is 0 Å². The summed E-state index contributed by atoms with van der Waals surface area (Å²) in [5, 5.41) is 3.31. The zero-order valence-corrected chi connectivity index (χ0v) is 16.1. The molecule has 4 rings (SSSR count). The molecule has 2 saturated heterocycles. The summed E-state index contributed by atoms with van der Waals surface area (Å²) < 4.78 is 19.3. The number of ether oxygens (including phenoxy) is 1. The van der Waals surface area contributed by atoms with E-state index in [0.29, 0.717) is 12.2 Å². The van der Waals surface area contributed by atoms with Crippen molar-refractivity contribution in [2.24, 2.45) is 0 Å². The fraction of sp³-hybridized carbons (Fsp3) is 0.409. The highest BCUT2D eigenvalue weighted by molar-refractivity contribution is 6.00. The molecule has 28 heavy (non-hydrogen) atoms. The maximum Gasteiger partial charge on any atom is 0.244 e. The molecule has 0 bridgehead atoms. The smallest absolute Gasteiger partial charge is 0.244 e. The number of amides is 1. The Hall–Kier alpha value is -2.60. The normalized spacial score (nSPS) is 21.1. The Balaban J connectivity index is 1.36. The van der Waals surface area contributed by atoms with Gasteiger partial charge in [0.1, 0.15) is 11.6 Å². The first kappa shape index (κ1) is 18.7. The number of carbonyl (C=O) groups is 1. The van der Waals surface area contributed by atoms with E-state index in [4.69, 9.17) is 4.74 Å². The van der Waals surface area contributed by atoms with Crippen LogP contribution in [0.1, 0.15) is 19.3 Å². The maximum absolute atomic E-state index is 13.9. The van der Waals surface area contributed by atoms with E-state index in [-0.39, 0.29) is 23.8 Å². The molecule has 2 aromatic carbocycles. The van der Waals surface area contributed by atoms with E-state index in [2.05, 4.69) is 10.2 Å². The first-order chi connectivity index (χ1) is 13.7. The minimum atomic E-state index is -0.219. The van der Waals surface area contributed by atoms with Crippen LogP contribution in [-0.2, 0) is 4.79 Å². The van der Waals surface area contributed by atoms with E-state index < -0.39 is 0 Å². The minimum Gasteiger partial charge on any atom is -0.495 e. The highest BCUT2D eigenvalue weighted by atomic mass is 19.1. The van der Waals surface area contributed by atoms with Gasteiger partial charge in [-0.15, -0.1) is 0 Å². The molecule has 0 aliphatic carbocycles. The number of halogens is 1. The van der Waals surface area contributed by atoms with Crippen molar-refractivity contribution in [2.45, 2.75) is 31.3 Å². The van der Waals surface area contributed by atoms with Crippen molar-refractivity contribution < 1.29 is 13.9 Å². The number of hydrogen-bond donors (Lipinski definition) is 1. The standard InChI is InChI=1S/C22H26FN3O2/c1-28-21-9-5-4-8-19(21)26-15-12-20(22(26)27)25-13-10-16(11-14-25)24-18-7-3-2-6-17(18)23/h2-9,16,20,24H,10-15H2,1H3. The third-order valence-electron chi connectivity index (χ3n) is 5.76. The van der Waals surface area contributed by atoms with Gasteiger partial charge in [-0.3, -0.25) is 9.69 Å². The minimum absolute atomic E-state index is 0.0840. The van der Waals surface area contributed by atoms with E-state index in [1.54, 1.807) is 19.2 Å². The van der Waals surface area contributed by atoms with Gasteiger partial charge in [-0.25, -0.2) is 4.39 Å². The van der Waals surface area contributed by atoms with Crippen LogP contribution in [0, 0.1) is 5.82 Å². The lowest BCUT2D eigenvalue weighted by Crippen LogP contribution is -2.48. The lowest BCUT2D eigenvalue weighted by Gasteiger charge is -2.35. The molecule has 148 valence electrons. The van der Waals surface area contributed by atoms with Gasteiger partial charge in [-0.1, -0.05) is 24.3 Å². The molecule has 0 spiro atoms. The highest BCUT2D eigenvalue weighted by Crippen LogP contribution is 2.33. The van der Waals surface area contributed by atoms with Gasteiger partial charge in [0.25, 0.3) is 0 Å². The van der Waals surface area contributed by atoms with E-state index >= 15 is 0 Å². The van der Waals surface area contributed by atoms with Gasteiger partial charge in [0.2, 0.25) is 5.91 Å². The summed E-state index contributed by atoms with van der Waals surface area (Å²) in [6.07, 6.45) is 2.61. The van der Waals surface area contributed by atoms with Crippen LogP contribution >= 0.6 is 0 Å². The summed E-state index contributed by atoms with van der Waals surface area (Å²) in [5.74, 6) is 0.651. The fourth-order valence-corrected chi connectivity index (χ4v) is 4.25. The Morgan fingerprint density at radius 2 is 1.71 bits per heavy atom. The molecule has 0 aromatic heterocycles. The average Bonchev–Trinajstić information content (AvgIpc) is 3.11. The number of anilines is 2. The van der Waals surface area contributed by atoms with Gasteiger partial charge < -0.3 is 15.0 Å². The Bertz CT molecular complexity index is 836. The third kappa shape index (κ3) is 3.69. The molecular formula is C22H26FN3O2. The molecule has 1 N–H and O–H groups in total. The lowest BCUT2D eigenvalue weighted by molar-refractivity contribution is -0.122. The quantitative estimate of drug-likeness (QED) is 0.858. The Morgan fingerprint density at radius 1 is 1.00 bits per heavy atom. The predicted molar refractivity (Wildman–Crippen MR) is 108 cm³/mol. The Kier molecular flexibility index (Phi) is 5.48. The number of piperidine rings is 1. The topological polar surface area (TPSA) is 44.8 Å². The monoisotopic (exact) mass is 383 g/mol. The number of benzene rings is 2. The molecule has 2 aliphatic rings. The first-order valence-electron chi connectivity index (χ1n) is 9.87. The molecule has 2 aliphatic heterocycles. The summed E-state index contributed by atoms with van der Waals surface area (Å²) in [5.41, 5.74) is 1.40. The van der Waals surface area contributed by atoms with Crippen molar-refractivity contribution in [2.75, 3.05) is 37.0 Å². The molecule has 6 heteroatoms. The Labute approximate surface area is 165 Å². The van der Waals surface area contributed by atoms with Crippen LogP contribution in [0.4, 0.5) is 15.8 Å². The third-order valence-corrected chi connectivity index (χ3v) is 5.76. The SMILES string of the molecule is COc1ccccc1N1CCC(N2CCC(Nc3ccccc3F)CC2)C1=O. The number of para-hydroxylation sites is 3. The van der Waals surface area contributed by atoms with Crippen LogP contribution < -0.4 is 15.0 Å². The second kappa shape index (κ2) is 8.19. The van der Waals surface area contributed by atoms with Crippen LogP contribution in [-0.4, -0.2) is 49.6 Å². The zero-order chi connectivity index (χ0) is 19.5. The number of hydrogen-bond acceptors (Lipinski definition) is 4. The number of carbonyl (C=O) groups excluding carboxylic acids is 1. The molecular weight excluding hydrogens is 357 g/mol. The number of methoxy groups -OCH3 is 1. The zero-order valence-electron chi connectivity index (χ0n) is 16.1. The average molecular weight is 383 g/mol. The maximum atomic E-state index is 13.9. The van der Waals surface area contributed by atoms with Crippen LogP contribution in [0.15, 0.2) is 48.5 Å².